The zero-order valence-electron chi connectivity index (χ0n) is 19.5. The Labute approximate surface area is 186 Å². The molecule has 0 radical (unpaired) electrons. The first-order valence-corrected chi connectivity index (χ1v) is 9.31. The van der Waals surface area contributed by atoms with E-state index in [1.54, 1.807) is 34.8 Å². The summed E-state index contributed by atoms with van der Waals surface area (Å²) in [5.74, 6) is 0.275. The summed E-state index contributed by atoms with van der Waals surface area (Å²) in [4.78, 5) is 9.85. The van der Waals surface area contributed by atoms with Gasteiger partial charge in [-0.25, -0.2) is 0 Å². The quantitative estimate of drug-likeness (QED) is 0.168. The van der Waals surface area contributed by atoms with Crippen LogP contribution in [0.25, 0.3) is 0 Å². The van der Waals surface area contributed by atoms with Gasteiger partial charge in [0.05, 0.1) is 42.5 Å². The normalized spacial score (nSPS) is 13.4. The Morgan fingerprint density at radius 1 is 0.893 bits per heavy atom. The van der Waals surface area contributed by atoms with Gasteiger partial charge < -0.3 is 24.8 Å². The predicted octanol–water partition coefficient (Wildman–Crippen LogP) is 3.62. The van der Waals surface area contributed by atoms with Crippen molar-refractivity contribution in [2.45, 2.75) is 79.9 Å². The number of hydrogen-bond donors (Lipinski definition) is 3. The number of rotatable bonds is 9. The summed E-state index contributed by atoms with van der Waals surface area (Å²) >= 11 is 0. The maximum Gasteiger partial charge on any atom is 0.325 e. The number of hydrogen-bond acceptors (Lipinski definition) is 5. The molecule has 0 aromatic rings. The summed E-state index contributed by atoms with van der Waals surface area (Å²) in [7, 11) is 1.61. The third-order valence-electron chi connectivity index (χ3n) is 3.50. The number of ketones is 1. The second-order valence-electron chi connectivity index (χ2n) is 9.90. The topological polar surface area (TPSA) is 101 Å². The van der Waals surface area contributed by atoms with Crippen LogP contribution in [-0.4, -0.2) is 64.0 Å². The molecule has 0 spiro atoms. The number of aliphatic hydroxyl groups is 3. The molecule has 166 valence electrons. The van der Waals surface area contributed by atoms with E-state index < -0.39 is 16.6 Å². The zero-order valence-corrected chi connectivity index (χ0v) is 21.1. The molecule has 0 amide bonds. The van der Waals surface area contributed by atoms with E-state index in [4.69, 9.17) is 9.47 Å². The maximum atomic E-state index is 10.0. The fourth-order valence-corrected chi connectivity index (χ4v) is 2.14. The fourth-order valence-electron chi connectivity index (χ4n) is 2.14. The Bertz CT molecular complexity index is 453. The van der Waals surface area contributed by atoms with Crippen LogP contribution in [0.2, 0.25) is 0 Å². The molecule has 0 aliphatic heterocycles. The van der Waals surface area contributed by atoms with Crippen LogP contribution in [0.5, 0.6) is 0 Å². The number of methoxy groups -OCH3 is 1. The van der Waals surface area contributed by atoms with Crippen molar-refractivity contribution in [1.29, 1.82) is 0 Å². The summed E-state index contributed by atoms with van der Waals surface area (Å²) in [5.41, 5.74) is -2.44. The third-order valence-corrected chi connectivity index (χ3v) is 3.50. The van der Waals surface area contributed by atoms with Gasteiger partial charge >= 0.3 is 5.78 Å². The average molecular weight is 439 g/mol. The van der Waals surface area contributed by atoms with Crippen LogP contribution in [0, 0.1) is 10.8 Å². The summed E-state index contributed by atoms with van der Waals surface area (Å²) in [6.07, 6.45) is 1.82. The Morgan fingerprint density at radius 3 is 1.61 bits per heavy atom. The SMILES string of the molecule is CC(C)(O)CC(C)(C)O.COCCOCC(C)(C)/C(O)=C/C(=[OH+])C(C)(C)C.[Ti]. The van der Waals surface area contributed by atoms with Gasteiger partial charge in [0.1, 0.15) is 5.76 Å². The third kappa shape index (κ3) is 19.1. The molecule has 28 heavy (non-hydrogen) atoms. The smallest absolute Gasteiger partial charge is 0.325 e. The summed E-state index contributed by atoms with van der Waals surface area (Å²) < 4.78 is 10.3. The summed E-state index contributed by atoms with van der Waals surface area (Å²) in [6.45, 7) is 17.5. The molecule has 0 saturated heterocycles. The molecule has 0 saturated carbocycles. The van der Waals surface area contributed by atoms with E-state index in [0.29, 0.717) is 26.2 Å². The number of carbonyl (C=O) groups excluding carboxylic acids is 1. The van der Waals surface area contributed by atoms with Crippen LogP contribution in [0.3, 0.4) is 0 Å². The van der Waals surface area contributed by atoms with E-state index in [1.165, 1.54) is 6.08 Å². The summed E-state index contributed by atoms with van der Waals surface area (Å²) in [6, 6.07) is 0. The van der Waals surface area contributed by atoms with Crippen molar-refractivity contribution >= 4 is 5.78 Å². The predicted molar refractivity (Wildman–Crippen MR) is 111 cm³/mol. The van der Waals surface area contributed by atoms with E-state index in [0.717, 1.165) is 0 Å². The van der Waals surface area contributed by atoms with Crippen molar-refractivity contribution in [1.82, 2.24) is 0 Å². The van der Waals surface area contributed by atoms with Crippen molar-refractivity contribution in [3.05, 3.63) is 11.8 Å². The summed E-state index contributed by atoms with van der Waals surface area (Å²) in [5, 5.41) is 28.4. The first-order valence-electron chi connectivity index (χ1n) is 9.31. The van der Waals surface area contributed by atoms with Gasteiger partial charge in [0.25, 0.3) is 0 Å². The number of allylic oxidation sites excluding steroid dienone is 1. The Kier molecular flexibility index (Phi) is 15.2. The van der Waals surface area contributed by atoms with Gasteiger partial charge in [-0.1, -0.05) is 13.8 Å². The van der Waals surface area contributed by atoms with Crippen LogP contribution in [-0.2, 0) is 31.2 Å². The molecule has 0 atom stereocenters. The van der Waals surface area contributed by atoms with E-state index >= 15 is 0 Å². The Morgan fingerprint density at radius 2 is 1.32 bits per heavy atom. The molecule has 0 bridgehead atoms. The van der Waals surface area contributed by atoms with E-state index in [1.807, 2.05) is 34.6 Å². The molecule has 0 aromatic carbocycles. The maximum absolute atomic E-state index is 10.0. The van der Waals surface area contributed by atoms with Crippen LogP contribution in [0.1, 0.15) is 68.7 Å². The molecule has 0 aromatic heterocycles. The minimum Gasteiger partial charge on any atom is -0.511 e. The molecule has 0 aliphatic carbocycles. The molecule has 0 heterocycles. The molecule has 0 fully saturated rings. The molecule has 6 nitrogen and oxygen atoms in total. The molecular weight excluding hydrogens is 396 g/mol. The monoisotopic (exact) mass is 439 g/mol. The fraction of sp³-hybridized carbons (Fsp3) is 0.857. The minimum absolute atomic E-state index is 0. The average Bonchev–Trinajstić information content (AvgIpc) is 2.39. The molecule has 7 heteroatoms. The second-order valence-corrected chi connectivity index (χ2v) is 9.90. The van der Waals surface area contributed by atoms with Crippen LogP contribution in [0.4, 0.5) is 0 Å². The van der Waals surface area contributed by atoms with E-state index in [-0.39, 0.29) is 38.7 Å². The van der Waals surface area contributed by atoms with Gasteiger partial charge in [0, 0.05) is 40.7 Å². The van der Waals surface area contributed by atoms with Gasteiger partial charge in [0.15, 0.2) is 0 Å². The standard InChI is InChI=1S/C14H26O4.C7H16O2.Ti/c1-13(2,3)11(15)9-12(16)14(4,5)10-18-8-7-17-6;1-6(2,8)5-7(3,4)9;/h9,16H,7-8,10H2,1-6H3;8-9H,5H2,1-4H3;/p+1/b12-9-;;. The number of ether oxygens (including phenoxy) is 2. The molecular formula is C21H43O6Ti+. The van der Waals surface area contributed by atoms with Crippen LogP contribution < -0.4 is 0 Å². The minimum atomic E-state index is -0.766. The molecule has 0 rings (SSSR count). The van der Waals surface area contributed by atoms with Gasteiger partial charge in [0.2, 0.25) is 0 Å². The van der Waals surface area contributed by atoms with Crippen molar-refractivity contribution in [3.63, 3.8) is 0 Å². The van der Waals surface area contributed by atoms with Crippen LogP contribution >= 0.6 is 0 Å². The Hall–Kier alpha value is -0.236. The zero-order chi connectivity index (χ0) is 22.1. The van der Waals surface area contributed by atoms with Gasteiger partial charge in [-0.2, -0.15) is 0 Å². The molecule has 0 unspecified atom stereocenters. The van der Waals surface area contributed by atoms with Crippen molar-refractivity contribution in [2.24, 2.45) is 10.8 Å². The van der Waals surface area contributed by atoms with Gasteiger partial charge in [-0.3, -0.25) is 4.79 Å². The molecule has 0 aliphatic rings. The van der Waals surface area contributed by atoms with E-state index in [2.05, 4.69) is 0 Å². The molecule has 4 N–H and O–H groups in total. The largest absolute Gasteiger partial charge is 0.511 e. The van der Waals surface area contributed by atoms with Gasteiger partial charge in [-0.15, -0.1) is 0 Å². The first kappa shape index (κ1) is 32.4. The van der Waals surface area contributed by atoms with Gasteiger partial charge in [-0.05, 0) is 48.5 Å². The van der Waals surface area contributed by atoms with Crippen molar-refractivity contribution in [2.75, 3.05) is 26.9 Å². The van der Waals surface area contributed by atoms with Crippen LogP contribution in [0.15, 0.2) is 11.8 Å². The number of aliphatic hydroxyl groups excluding tert-OH is 1. The first-order chi connectivity index (χ1) is 11.8. The van der Waals surface area contributed by atoms with Crippen molar-refractivity contribution in [3.8, 4) is 0 Å². The second kappa shape index (κ2) is 13.1. The van der Waals surface area contributed by atoms with Crippen molar-refractivity contribution < 1.29 is 51.3 Å². The Balaban J connectivity index is -0.000000530. The van der Waals surface area contributed by atoms with E-state index in [9.17, 15) is 20.1 Å².